The number of aliphatic hydroxyl groups is 1. The molecule has 1 N–H and O–H groups in total. The van der Waals surface area contributed by atoms with Gasteiger partial charge >= 0.3 is 0 Å². The highest BCUT2D eigenvalue weighted by molar-refractivity contribution is 5.38. The zero-order chi connectivity index (χ0) is 13.8. The van der Waals surface area contributed by atoms with Gasteiger partial charge in [0.15, 0.2) is 0 Å². The lowest BCUT2D eigenvalue weighted by molar-refractivity contribution is 0.0821. The molecule has 0 spiro atoms. The summed E-state index contributed by atoms with van der Waals surface area (Å²) in [5, 5.41) is 9.50. The van der Waals surface area contributed by atoms with Gasteiger partial charge in [-0.1, -0.05) is 12.1 Å². The van der Waals surface area contributed by atoms with E-state index in [4.69, 9.17) is 4.74 Å². The average Bonchev–Trinajstić information content (AvgIpc) is 2.49. The number of ether oxygens (including phenoxy) is 1. The first-order chi connectivity index (χ1) is 9.81. The van der Waals surface area contributed by atoms with Crippen LogP contribution in [0.2, 0.25) is 0 Å². The molecule has 0 aliphatic carbocycles. The maximum absolute atomic E-state index is 9.50. The maximum Gasteiger partial charge on any atom is 0.122 e. The molecule has 0 saturated carbocycles. The molecule has 0 amide bonds. The molecule has 1 fully saturated rings. The van der Waals surface area contributed by atoms with Crippen molar-refractivity contribution in [3.8, 4) is 5.75 Å². The molecule has 1 aromatic rings. The number of aliphatic hydroxyl groups excluding tert-OH is 1. The number of hydrogen-bond acceptors (Lipinski definition) is 3. The van der Waals surface area contributed by atoms with Gasteiger partial charge in [-0.15, -0.1) is 0 Å². The van der Waals surface area contributed by atoms with E-state index in [-0.39, 0.29) is 6.10 Å². The summed E-state index contributed by atoms with van der Waals surface area (Å²) in [6, 6.07) is 6.68. The summed E-state index contributed by atoms with van der Waals surface area (Å²) in [6.07, 6.45) is 6.47. The summed E-state index contributed by atoms with van der Waals surface area (Å²) in [5.41, 5.74) is 2.82. The number of likely N-dealkylation sites (tertiary alicyclic amines) is 1. The minimum Gasteiger partial charge on any atom is -0.493 e. The van der Waals surface area contributed by atoms with Crippen LogP contribution in [-0.2, 0) is 12.8 Å². The first kappa shape index (κ1) is 13.9. The first-order valence-electron chi connectivity index (χ1n) is 7.96. The van der Waals surface area contributed by atoms with Gasteiger partial charge in [-0.05, 0) is 62.3 Å². The van der Waals surface area contributed by atoms with E-state index in [9.17, 15) is 5.11 Å². The smallest absolute Gasteiger partial charge is 0.122 e. The van der Waals surface area contributed by atoms with Crippen molar-refractivity contribution in [1.82, 2.24) is 4.90 Å². The van der Waals surface area contributed by atoms with Gasteiger partial charge in [-0.25, -0.2) is 0 Å². The summed E-state index contributed by atoms with van der Waals surface area (Å²) in [6.45, 7) is 4.13. The summed E-state index contributed by atoms with van der Waals surface area (Å²) in [5.74, 6) is 1.09. The second-order valence-corrected chi connectivity index (χ2v) is 6.07. The van der Waals surface area contributed by atoms with Gasteiger partial charge in [-0.2, -0.15) is 0 Å². The normalized spacial score (nSPS) is 20.4. The Hall–Kier alpha value is -1.06. The lowest BCUT2D eigenvalue weighted by Crippen LogP contribution is -2.36. The van der Waals surface area contributed by atoms with Crippen LogP contribution >= 0.6 is 0 Å². The number of benzene rings is 1. The maximum atomic E-state index is 9.50. The molecule has 0 unspecified atom stereocenters. The molecule has 1 saturated heterocycles. The Morgan fingerprint density at radius 3 is 2.95 bits per heavy atom. The van der Waals surface area contributed by atoms with Crippen molar-refractivity contribution in [3.63, 3.8) is 0 Å². The average molecular weight is 275 g/mol. The molecule has 2 aliphatic rings. The molecule has 0 bridgehead atoms. The fourth-order valence-corrected chi connectivity index (χ4v) is 3.22. The summed E-state index contributed by atoms with van der Waals surface area (Å²) >= 11 is 0. The van der Waals surface area contributed by atoms with Crippen LogP contribution < -0.4 is 4.74 Å². The van der Waals surface area contributed by atoms with Crippen molar-refractivity contribution in [2.24, 2.45) is 0 Å². The number of hydrogen-bond donors (Lipinski definition) is 1. The molecule has 1 aromatic carbocycles. The predicted molar refractivity (Wildman–Crippen MR) is 80.3 cm³/mol. The molecule has 2 heterocycles. The number of piperidine rings is 1. The standard InChI is InChI=1S/C17H25NO2/c19-16-7-10-18(11-8-16)9-1-3-14-5-6-17-15(13-14)4-2-12-20-17/h5-6,13,16,19H,1-4,7-12H2. The van der Waals surface area contributed by atoms with E-state index in [1.807, 2.05) is 0 Å². The number of rotatable bonds is 4. The van der Waals surface area contributed by atoms with Crippen LogP contribution in [0.25, 0.3) is 0 Å². The van der Waals surface area contributed by atoms with E-state index in [2.05, 4.69) is 23.1 Å². The van der Waals surface area contributed by atoms with Crippen molar-refractivity contribution in [2.45, 2.75) is 44.6 Å². The van der Waals surface area contributed by atoms with Crippen molar-refractivity contribution < 1.29 is 9.84 Å². The quantitative estimate of drug-likeness (QED) is 0.916. The predicted octanol–water partition coefficient (Wildman–Crippen LogP) is 2.40. The third-order valence-electron chi connectivity index (χ3n) is 4.47. The van der Waals surface area contributed by atoms with Gasteiger partial charge in [0.1, 0.15) is 5.75 Å². The molecule has 0 radical (unpaired) electrons. The zero-order valence-electron chi connectivity index (χ0n) is 12.2. The molecule has 20 heavy (non-hydrogen) atoms. The van der Waals surface area contributed by atoms with Crippen LogP contribution in [0.3, 0.4) is 0 Å². The summed E-state index contributed by atoms with van der Waals surface area (Å²) < 4.78 is 5.66. The van der Waals surface area contributed by atoms with Crippen LogP contribution in [0.1, 0.15) is 36.8 Å². The van der Waals surface area contributed by atoms with Crippen molar-refractivity contribution in [3.05, 3.63) is 29.3 Å². The van der Waals surface area contributed by atoms with Crippen molar-refractivity contribution in [2.75, 3.05) is 26.2 Å². The largest absolute Gasteiger partial charge is 0.493 e. The molecule has 110 valence electrons. The van der Waals surface area contributed by atoms with E-state index in [1.54, 1.807) is 0 Å². The Bertz CT molecular complexity index is 439. The second kappa shape index (κ2) is 6.59. The topological polar surface area (TPSA) is 32.7 Å². The minimum absolute atomic E-state index is 0.0631. The van der Waals surface area contributed by atoms with E-state index >= 15 is 0 Å². The van der Waals surface area contributed by atoms with E-state index in [0.29, 0.717) is 0 Å². The lowest BCUT2D eigenvalue weighted by atomic mass is 10.0. The Morgan fingerprint density at radius 1 is 1.25 bits per heavy atom. The Labute approximate surface area is 121 Å². The van der Waals surface area contributed by atoms with Gasteiger partial charge in [0.05, 0.1) is 12.7 Å². The second-order valence-electron chi connectivity index (χ2n) is 6.07. The number of fused-ring (bicyclic) bond motifs is 1. The van der Waals surface area contributed by atoms with Crippen molar-refractivity contribution in [1.29, 1.82) is 0 Å². The zero-order valence-corrected chi connectivity index (χ0v) is 12.2. The minimum atomic E-state index is -0.0631. The molecule has 2 aliphatic heterocycles. The fraction of sp³-hybridized carbons (Fsp3) is 0.647. The fourth-order valence-electron chi connectivity index (χ4n) is 3.22. The molecule has 3 rings (SSSR count). The van der Waals surface area contributed by atoms with Gasteiger partial charge in [0, 0.05) is 13.1 Å². The SMILES string of the molecule is OC1CCN(CCCc2ccc3c(c2)CCCO3)CC1. The molecule has 0 aromatic heterocycles. The highest BCUT2D eigenvalue weighted by Crippen LogP contribution is 2.26. The van der Waals surface area contributed by atoms with E-state index < -0.39 is 0 Å². The van der Waals surface area contributed by atoms with Gasteiger partial charge in [0.2, 0.25) is 0 Å². The first-order valence-corrected chi connectivity index (χ1v) is 7.96. The third-order valence-corrected chi connectivity index (χ3v) is 4.47. The molecular formula is C17H25NO2. The monoisotopic (exact) mass is 275 g/mol. The van der Waals surface area contributed by atoms with Gasteiger partial charge < -0.3 is 14.7 Å². The van der Waals surface area contributed by atoms with Crippen LogP contribution in [0, 0.1) is 0 Å². The lowest BCUT2D eigenvalue weighted by Gasteiger charge is -2.29. The van der Waals surface area contributed by atoms with Crippen LogP contribution in [0.5, 0.6) is 5.75 Å². The number of aryl methyl sites for hydroxylation is 2. The summed E-state index contributed by atoms with van der Waals surface area (Å²) in [4.78, 5) is 2.48. The molecular weight excluding hydrogens is 250 g/mol. The molecule has 3 nitrogen and oxygen atoms in total. The highest BCUT2D eigenvalue weighted by Gasteiger charge is 2.16. The van der Waals surface area contributed by atoms with E-state index in [1.165, 1.54) is 17.5 Å². The Balaban J connectivity index is 1.46. The van der Waals surface area contributed by atoms with Crippen LogP contribution in [0.15, 0.2) is 18.2 Å². The van der Waals surface area contributed by atoms with Gasteiger partial charge in [-0.3, -0.25) is 0 Å². The Morgan fingerprint density at radius 2 is 2.10 bits per heavy atom. The summed E-state index contributed by atoms with van der Waals surface area (Å²) in [7, 11) is 0. The van der Waals surface area contributed by atoms with Crippen LogP contribution in [-0.4, -0.2) is 42.4 Å². The van der Waals surface area contributed by atoms with E-state index in [0.717, 1.165) is 64.1 Å². The Kier molecular flexibility index (Phi) is 4.58. The highest BCUT2D eigenvalue weighted by atomic mass is 16.5. The van der Waals surface area contributed by atoms with Crippen molar-refractivity contribution >= 4 is 0 Å². The third kappa shape index (κ3) is 3.53. The molecule has 0 atom stereocenters. The van der Waals surface area contributed by atoms with Crippen LogP contribution in [0.4, 0.5) is 0 Å². The molecule has 3 heteroatoms. The van der Waals surface area contributed by atoms with Gasteiger partial charge in [0.25, 0.3) is 0 Å². The number of nitrogens with zero attached hydrogens (tertiary/aromatic N) is 1.